The lowest BCUT2D eigenvalue weighted by atomic mass is 10.2. The molecule has 1 aliphatic heterocycles. The highest BCUT2D eigenvalue weighted by Gasteiger charge is 2.26. The fraction of sp³-hybridized carbons (Fsp3) is 0.333. The van der Waals surface area contributed by atoms with Crippen molar-refractivity contribution in [3.8, 4) is 17.2 Å². The number of nitrogens with zero attached hydrogens (tertiary/aromatic N) is 5. The molecule has 0 N–H and O–H groups in total. The van der Waals surface area contributed by atoms with Crippen LogP contribution in [0.15, 0.2) is 47.0 Å². The molecule has 1 fully saturated rings. The second-order valence-corrected chi connectivity index (χ2v) is 8.88. The number of urea groups is 1. The third-order valence-corrected chi connectivity index (χ3v) is 6.36. The highest BCUT2D eigenvalue weighted by atomic mass is 32.2. The Hall–Kier alpha value is -3.41. The number of pyridine rings is 1. The van der Waals surface area contributed by atoms with E-state index in [4.69, 9.17) is 9.15 Å². The van der Waals surface area contributed by atoms with Gasteiger partial charge in [0, 0.05) is 47.3 Å². The molecule has 3 aromatic rings. The van der Waals surface area contributed by atoms with E-state index in [2.05, 4.69) is 15.2 Å². The highest BCUT2D eigenvalue weighted by Crippen LogP contribution is 2.25. The van der Waals surface area contributed by atoms with E-state index in [1.165, 1.54) is 6.20 Å². The first-order valence-electron chi connectivity index (χ1n) is 10.1. The molecular formula is C21H21F2N5O4S. The molecular weight excluding hydrogens is 456 g/mol. The summed E-state index contributed by atoms with van der Waals surface area (Å²) in [6, 6.07) is 10.1. The average molecular weight is 477 g/mol. The largest absolute Gasteiger partial charge is 0.497 e. The number of hydrogen-bond acceptors (Lipinski definition) is 7. The molecule has 174 valence electrons. The summed E-state index contributed by atoms with van der Waals surface area (Å²) in [7, 11) is 0.653. The molecule has 2 aromatic heterocycles. The first-order valence-corrected chi connectivity index (χ1v) is 11.6. The van der Waals surface area contributed by atoms with Crippen LogP contribution in [0.25, 0.3) is 11.5 Å². The lowest BCUT2D eigenvalue weighted by Crippen LogP contribution is -2.48. The van der Waals surface area contributed by atoms with Crippen molar-refractivity contribution in [3.63, 3.8) is 0 Å². The fourth-order valence-electron chi connectivity index (χ4n) is 3.28. The summed E-state index contributed by atoms with van der Waals surface area (Å²) in [6.45, 7) is 0.985. The number of carbonyl (C=O) groups excluding carboxylic acids is 1. The van der Waals surface area contributed by atoms with Crippen molar-refractivity contribution in [1.82, 2.24) is 20.1 Å². The van der Waals surface area contributed by atoms with E-state index in [1.807, 2.05) is 0 Å². The topological polar surface area (TPSA) is 102 Å². The molecule has 4 rings (SSSR count). The Balaban J connectivity index is 1.56. The van der Waals surface area contributed by atoms with E-state index < -0.39 is 23.1 Å². The molecule has 12 heteroatoms. The number of carbonyl (C=O) groups is 1. The van der Waals surface area contributed by atoms with Gasteiger partial charge in [-0.1, -0.05) is 0 Å². The standard InChI is InChI=1S/C21H21F2N5O4S/c1-31-17-6-4-16(5-7-17)28(21(29)27-8-10-33(30)11-9-27)13-15-3-2-14(12-24-15)19-25-26-20(32-19)18(22)23/h2-7,12,18H,8-11,13H2,1H3. The van der Waals surface area contributed by atoms with Crippen LogP contribution in [0, 0.1) is 0 Å². The van der Waals surface area contributed by atoms with Gasteiger partial charge in [-0.2, -0.15) is 8.78 Å². The van der Waals surface area contributed by atoms with Crippen LogP contribution < -0.4 is 9.64 Å². The Bertz CT molecular complexity index is 1110. The van der Waals surface area contributed by atoms with Crippen LogP contribution in [0.2, 0.25) is 0 Å². The third-order valence-electron chi connectivity index (χ3n) is 5.08. The van der Waals surface area contributed by atoms with Gasteiger partial charge in [-0.3, -0.25) is 14.1 Å². The zero-order valence-electron chi connectivity index (χ0n) is 17.7. The molecule has 0 bridgehead atoms. The molecule has 0 radical (unpaired) electrons. The van der Waals surface area contributed by atoms with E-state index >= 15 is 0 Å². The lowest BCUT2D eigenvalue weighted by Gasteiger charge is -2.32. The Morgan fingerprint density at radius 3 is 2.48 bits per heavy atom. The van der Waals surface area contributed by atoms with Crippen LogP contribution in [0.4, 0.5) is 19.3 Å². The zero-order valence-corrected chi connectivity index (χ0v) is 18.5. The predicted molar refractivity (Wildman–Crippen MR) is 117 cm³/mol. The van der Waals surface area contributed by atoms with Crippen LogP contribution in [-0.4, -0.2) is 62.0 Å². The van der Waals surface area contributed by atoms with E-state index in [0.717, 1.165) is 0 Å². The molecule has 0 saturated carbocycles. The number of hydrogen-bond donors (Lipinski definition) is 0. The van der Waals surface area contributed by atoms with Gasteiger partial charge in [0.15, 0.2) is 0 Å². The second kappa shape index (κ2) is 10.0. The number of anilines is 1. The Morgan fingerprint density at radius 1 is 1.18 bits per heavy atom. The van der Waals surface area contributed by atoms with Crippen LogP contribution >= 0.6 is 0 Å². The van der Waals surface area contributed by atoms with Crippen molar-refractivity contribution in [1.29, 1.82) is 0 Å². The van der Waals surface area contributed by atoms with Crippen LogP contribution in [0.5, 0.6) is 5.75 Å². The van der Waals surface area contributed by atoms with Crippen LogP contribution in [0.1, 0.15) is 18.0 Å². The lowest BCUT2D eigenvalue weighted by molar-refractivity contribution is 0.116. The summed E-state index contributed by atoms with van der Waals surface area (Å²) < 4.78 is 47.2. The maximum atomic E-state index is 13.3. The van der Waals surface area contributed by atoms with Gasteiger partial charge in [-0.05, 0) is 36.4 Å². The maximum Gasteiger partial charge on any atom is 0.324 e. The molecule has 9 nitrogen and oxygen atoms in total. The molecule has 3 heterocycles. The van der Waals surface area contributed by atoms with Gasteiger partial charge >= 0.3 is 12.5 Å². The number of ether oxygens (including phenoxy) is 1. The quantitative estimate of drug-likeness (QED) is 0.537. The number of amides is 2. The zero-order chi connectivity index (χ0) is 23.4. The van der Waals surface area contributed by atoms with Gasteiger partial charge in [0.2, 0.25) is 5.89 Å². The van der Waals surface area contributed by atoms with Gasteiger partial charge in [0.1, 0.15) is 5.75 Å². The van der Waals surface area contributed by atoms with Gasteiger partial charge in [-0.15, -0.1) is 10.2 Å². The van der Waals surface area contributed by atoms with Crippen molar-refractivity contribution < 1.29 is 26.9 Å². The van der Waals surface area contributed by atoms with Crippen LogP contribution in [0.3, 0.4) is 0 Å². The van der Waals surface area contributed by atoms with Gasteiger partial charge in [-0.25, -0.2) is 4.79 Å². The van der Waals surface area contributed by atoms with Gasteiger partial charge in [0.25, 0.3) is 5.89 Å². The molecule has 0 unspecified atom stereocenters. The summed E-state index contributed by atoms with van der Waals surface area (Å²) in [6.07, 6.45) is -1.42. The third kappa shape index (κ3) is 5.33. The molecule has 1 aliphatic rings. The SMILES string of the molecule is COc1ccc(N(Cc2ccc(-c3nnc(C(F)F)o3)cn2)C(=O)N2CCS(=O)CC2)cc1. The molecule has 33 heavy (non-hydrogen) atoms. The molecule has 0 atom stereocenters. The normalized spacial score (nSPS) is 14.5. The van der Waals surface area contributed by atoms with E-state index in [9.17, 15) is 17.8 Å². The van der Waals surface area contributed by atoms with Crippen LogP contribution in [-0.2, 0) is 17.3 Å². The Labute approximate surface area is 190 Å². The highest BCUT2D eigenvalue weighted by molar-refractivity contribution is 7.85. The van der Waals surface area contributed by atoms with Gasteiger partial charge < -0.3 is 14.1 Å². The number of rotatable bonds is 6. The first-order chi connectivity index (χ1) is 15.9. The van der Waals surface area contributed by atoms with Crippen molar-refractivity contribution in [2.45, 2.75) is 13.0 Å². The number of methoxy groups -OCH3 is 1. The maximum absolute atomic E-state index is 13.3. The second-order valence-electron chi connectivity index (χ2n) is 7.19. The van der Waals surface area contributed by atoms with E-state index in [0.29, 0.717) is 47.3 Å². The number of benzene rings is 1. The van der Waals surface area contributed by atoms with E-state index in [-0.39, 0.29) is 18.5 Å². The molecule has 2 amide bonds. The Kier molecular flexibility index (Phi) is 6.92. The Morgan fingerprint density at radius 2 is 1.91 bits per heavy atom. The summed E-state index contributed by atoms with van der Waals surface area (Å²) in [5.41, 5.74) is 1.60. The summed E-state index contributed by atoms with van der Waals surface area (Å²) in [5.74, 6) is 0.728. The molecule has 1 saturated heterocycles. The van der Waals surface area contributed by atoms with Crippen molar-refractivity contribution >= 4 is 22.5 Å². The number of alkyl halides is 2. The first kappa shape index (κ1) is 22.8. The minimum absolute atomic E-state index is 0.0613. The molecule has 0 aliphatic carbocycles. The minimum Gasteiger partial charge on any atom is -0.497 e. The summed E-state index contributed by atoms with van der Waals surface area (Å²) in [4.78, 5) is 20.9. The summed E-state index contributed by atoms with van der Waals surface area (Å²) in [5, 5.41) is 6.93. The average Bonchev–Trinajstić information content (AvgIpc) is 3.34. The van der Waals surface area contributed by atoms with Crippen molar-refractivity contribution in [3.05, 3.63) is 54.2 Å². The van der Waals surface area contributed by atoms with Gasteiger partial charge in [0.05, 0.1) is 24.9 Å². The monoisotopic (exact) mass is 477 g/mol. The number of aromatic nitrogens is 3. The van der Waals surface area contributed by atoms with Crippen molar-refractivity contribution in [2.24, 2.45) is 0 Å². The fourth-order valence-corrected chi connectivity index (χ4v) is 4.33. The predicted octanol–water partition coefficient (Wildman–Crippen LogP) is 3.27. The molecule has 1 aromatic carbocycles. The molecule has 0 spiro atoms. The minimum atomic E-state index is -2.85. The smallest absolute Gasteiger partial charge is 0.324 e. The summed E-state index contributed by atoms with van der Waals surface area (Å²) >= 11 is 0. The number of halogens is 2. The van der Waals surface area contributed by atoms with E-state index in [1.54, 1.807) is 53.3 Å². The van der Waals surface area contributed by atoms with Crippen molar-refractivity contribution in [2.75, 3.05) is 36.6 Å².